The predicted molar refractivity (Wildman–Crippen MR) is 78.4 cm³/mol. The van der Waals surface area contributed by atoms with Gasteiger partial charge in [-0.3, -0.25) is 14.3 Å². The molecule has 21 heavy (non-hydrogen) atoms. The van der Waals surface area contributed by atoms with Crippen molar-refractivity contribution in [1.29, 1.82) is 0 Å². The second kappa shape index (κ2) is 5.20. The monoisotopic (exact) mass is 286 g/mol. The predicted octanol–water partition coefficient (Wildman–Crippen LogP) is 0.810. The van der Waals surface area contributed by atoms with Crippen LogP contribution in [0, 0.1) is 0 Å². The third kappa shape index (κ3) is 2.49. The minimum absolute atomic E-state index is 0.0596. The summed E-state index contributed by atoms with van der Waals surface area (Å²) in [5.74, 6) is -0.139. The minimum atomic E-state index is -0.477. The molecule has 6 heteroatoms. The number of para-hydroxylation sites is 1. The van der Waals surface area contributed by atoms with Gasteiger partial charge in [0.2, 0.25) is 11.8 Å². The number of carbonyl (C=O) groups is 2. The largest absolute Gasteiger partial charge is 0.345 e. The minimum Gasteiger partial charge on any atom is -0.345 e. The lowest BCUT2D eigenvalue weighted by Crippen LogP contribution is -2.42. The van der Waals surface area contributed by atoms with Gasteiger partial charge in [-0.2, -0.15) is 5.10 Å². The Morgan fingerprint density at radius 1 is 1.33 bits per heavy atom. The number of rotatable bonds is 2. The van der Waals surface area contributed by atoms with Crippen molar-refractivity contribution in [3.63, 3.8) is 0 Å². The van der Waals surface area contributed by atoms with Crippen LogP contribution in [-0.2, 0) is 23.2 Å². The van der Waals surface area contributed by atoms with Crippen molar-refractivity contribution in [2.75, 3.05) is 6.54 Å². The molecule has 6 nitrogen and oxygen atoms in total. The summed E-state index contributed by atoms with van der Waals surface area (Å²) in [5, 5.41) is 8.25. The number of nitrogens with zero attached hydrogens (tertiary/aromatic N) is 3. The normalized spacial score (nSPS) is 19.7. The van der Waals surface area contributed by atoms with E-state index in [0.717, 1.165) is 16.6 Å². The summed E-state index contributed by atoms with van der Waals surface area (Å²) in [7, 11) is 1.89. The van der Waals surface area contributed by atoms with Gasteiger partial charge in [0.05, 0.1) is 17.8 Å². The maximum absolute atomic E-state index is 12.3. The van der Waals surface area contributed by atoms with Gasteiger partial charge in [0.25, 0.3) is 0 Å². The summed E-state index contributed by atoms with van der Waals surface area (Å²) in [6, 6.07) is 7.47. The van der Waals surface area contributed by atoms with Gasteiger partial charge in [0.15, 0.2) is 0 Å². The molecule has 110 valence electrons. The van der Waals surface area contributed by atoms with Crippen LogP contribution in [0.1, 0.15) is 19.0 Å². The van der Waals surface area contributed by atoms with Gasteiger partial charge in [-0.1, -0.05) is 18.2 Å². The highest BCUT2D eigenvalue weighted by Gasteiger charge is 2.27. The fraction of sp³-hybridized carbons (Fsp3) is 0.400. The first kappa shape index (κ1) is 13.6. The van der Waals surface area contributed by atoms with Crippen molar-refractivity contribution in [3.05, 3.63) is 30.0 Å². The highest BCUT2D eigenvalue weighted by Crippen LogP contribution is 2.19. The molecule has 0 aliphatic carbocycles. The maximum atomic E-state index is 12.3. The number of benzene rings is 1. The second-order valence-corrected chi connectivity index (χ2v) is 5.39. The first-order valence-electron chi connectivity index (χ1n) is 7.05. The van der Waals surface area contributed by atoms with Crippen LogP contribution in [0.15, 0.2) is 24.3 Å². The smallest absolute Gasteiger partial charge is 0.245 e. The van der Waals surface area contributed by atoms with Gasteiger partial charge in [-0.25, -0.2) is 0 Å². The zero-order chi connectivity index (χ0) is 15.0. The lowest BCUT2D eigenvalue weighted by atomic mass is 10.2. The summed E-state index contributed by atoms with van der Waals surface area (Å²) < 4.78 is 1.82. The summed E-state index contributed by atoms with van der Waals surface area (Å²) >= 11 is 0. The van der Waals surface area contributed by atoms with Crippen LogP contribution < -0.4 is 5.32 Å². The zero-order valence-electron chi connectivity index (χ0n) is 12.2. The molecule has 1 aromatic heterocycles. The Balaban J connectivity index is 1.90. The van der Waals surface area contributed by atoms with E-state index >= 15 is 0 Å². The Morgan fingerprint density at radius 3 is 2.90 bits per heavy atom. The summed E-state index contributed by atoms with van der Waals surface area (Å²) in [6.45, 7) is 2.58. The topological polar surface area (TPSA) is 67.2 Å². The Bertz CT molecular complexity index is 707. The molecule has 2 amide bonds. The fourth-order valence-electron chi connectivity index (χ4n) is 2.74. The van der Waals surface area contributed by atoms with E-state index in [-0.39, 0.29) is 11.8 Å². The van der Waals surface area contributed by atoms with Gasteiger partial charge in [-0.05, 0) is 13.0 Å². The van der Waals surface area contributed by atoms with Gasteiger partial charge < -0.3 is 10.2 Å². The highest BCUT2D eigenvalue weighted by atomic mass is 16.2. The lowest BCUT2D eigenvalue weighted by Gasteiger charge is -2.21. The number of amides is 2. The highest BCUT2D eigenvalue weighted by molar-refractivity contribution is 5.90. The zero-order valence-corrected chi connectivity index (χ0v) is 12.2. The third-order valence-electron chi connectivity index (χ3n) is 3.84. The van der Waals surface area contributed by atoms with Gasteiger partial charge in [0, 0.05) is 25.4 Å². The van der Waals surface area contributed by atoms with E-state index < -0.39 is 6.04 Å². The molecule has 0 spiro atoms. The molecule has 3 rings (SSSR count). The number of aryl methyl sites for hydroxylation is 1. The van der Waals surface area contributed by atoms with Gasteiger partial charge in [-0.15, -0.1) is 0 Å². The summed E-state index contributed by atoms with van der Waals surface area (Å²) in [4.78, 5) is 25.6. The van der Waals surface area contributed by atoms with Crippen LogP contribution in [0.3, 0.4) is 0 Å². The molecule has 1 fully saturated rings. The fourth-order valence-corrected chi connectivity index (χ4v) is 2.74. The maximum Gasteiger partial charge on any atom is 0.245 e. The molecule has 1 aromatic carbocycles. The number of carbonyl (C=O) groups excluding carboxylic acids is 2. The number of aromatic nitrogens is 2. The first-order valence-corrected chi connectivity index (χ1v) is 7.05. The number of hydrogen-bond donors (Lipinski definition) is 1. The van der Waals surface area contributed by atoms with Gasteiger partial charge in [0.1, 0.15) is 6.04 Å². The van der Waals surface area contributed by atoms with Crippen LogP contribution in [0.5, 0.6) is 0 Å². The molecule has 0 saturated carbocycles. The molecule has 0 bridgehead atoms. The van der Waals surface area contributed by atoms with Crippen LogP contribution in [0.25, 0.3) is 10.9 Å². The standard InChI is InChI=1S/C15H18N4O2/c1-10-15(21)19(8-7-14(20)16-10)9-12-11-5-3-4-6-13(11)18(2)17-12/h3-6,10H,7-9H2,1-2H3,(H,16,20). The Kier molecular flexibility index (Phi) is 3.37. The molecule has 1 aliphatic rings. The van der Waals surface area contributed by atoms with Crippen molar-refractivity contribution >= 4 is 22.7 Å². The Labute approximate surface area is 122 Å². The number of hydrogen-bond acceptors (Lipinski definition) is 3. The van der Waals surface area contributed by atoms with Crippen LogP contribution >= 0.6 is 0 Å². The second-order valence-electron chi connectivity index (χ2n) is 5.39. The van der Waals surface area contributed by atoms with Crippen molar-refractivity contribution in [1.82, 2.24) is 20.0 Å². The first-order chi connectivity index (χ1) is 10.1. The molecule has 2 heterocycles. The third-order valence-corrected chi connectivity index (χ3v) is 3.84. The Morgan fingerprint density at radius 2 is 2.10 bits per heavy atom. The molecule has 1 saturated heterocycles. The summed E-state index contributed by atoms with van der Waals surface area (Å²) in [5.41, 5.74) is 1.90. The van der Waals surface area contributed by atoms with Crippen molar-refractivity contribution in [3.8, 4) is 0 Å². The number of fused-ring (bicyclic) bond motifs is 1. The lowest BCUT2D eigenvalue weighted by molar-refractivity contribution is -0.133. The van der Waals surface area contributed by atoms with Crippen molar-refractivity contribution in [2.24, 2.45) is 7.05 Å². The molecular weight excluding hydrogens is 268 g/mol. The summed E-state index contributed by atoms with van der Waals surface area (Å²) in [6.07, 6.45) is 0.334. The van der Waals surface area contributed by atoms with E-state index in [0.29, 0.717) is 19.5 Å². The molecular formula is C15H18N4O2. The molecule has 0 radical (unpaired) electrons. The van der Waals surface area contributed by atoms with E-state index in [1.54, 1.807) is 11.8 Å². The van der Waals surface area contributed by atoms with Gasteiger partial charge >= 0.3 is 0 Å². The molecule has 1 N–H and O–H groups in total. The van der Waals surface area contributed by atoms with Crippen LogP contribution in [-0.4, -0.2) is 39.1 Å². The average Bonchev–Trinajstić information content (AvgIpc) is 2.73. The average molecular weight is 286 g/mol. The molecule has 2 aromatic rings. The number of nitrogens with one attached hydrogen (secondary N) is 1. The van der Waals surface area contributed by atoms with Crippen molar-refractivity contribution in [2.45, 2.75) is 25.9 Å². The van der Waals surface area contributed by atoms with E-state index in [9.17, 15) is 9.59 Å². The SMILES string of the molecule is CC1NC(=O)CCN(Cc2nn(C)c3ccccc23)C1=O. The van der Waals surface area contributed by atoms with Crippen molar-refractivity contribution < 1.29 is 9.59 Å². The molecule has 1 atom stereocenters. The van der Waals surface area contributed by atoms with E-state index in [1.165, 1.54) is 0 Å². The van der Waals surface area contributed by atoms with E-state index in [1.807, 2.05) is 36.0 Å². The molecule has 1 aliphatic heterocycles. The van der Waals surface area contributed by atoms with Crippen LogP contribution in [0.2, 0.25) is 0 Å². The van der Waals surface area contributed by atoms with Crippen LogP contribution in [0.4, 0.5) is 0 Å². The van der Waals surface area contributed by atoms with E-state index in [2.05, 4.69) is 10.4 Å². The quantitative estimate of drug-likeness (QED) is 0.888. The van der Waals surface area contributed by atoms with E-state index in [4.69, 9.17) is 0 Å². The molecule has 1 unspecified atom stereocenters. The Hall–Kier alpha value is -2.37.